The summed E-state index contributed by atoms with van der Waals surface area (Å²) in [6.07, 6.45) is 1.07. The highest BCUT2D eigenvalue weighted by atomic mass is 16.1. The van der Waals surface area contributed by atoms with Crippen LogP contribution in [-0.4, -0.2) is 63.0 Å². The Labute approximate surface area is 213 Å². The molecule has 0 aliphatic carbocycles. The van der Waals surface area contributed by atoms with E-state index in [2.05, 4.69) is 59.3 Å². The Morgan fingerprint density at radius 3 is 2.42 bits per heavy atom. The van der Waals surface area contributed by atoms with Crippen molar-refractivity contribution >= 4 is 22.5 Å². The first-order chi connectivity index (χ1) is 17.5. The summed E-state index contributed by atoms with van der Waals surface area (Å²) >= 11 is 0. The number of amides is 1. The number of aryl methyl sites for hydroxylation is 2. The third-order valence-electron chi connectivity index (χ3n) is 7.52. The van der Waals surface area contributed by atoms with Gasteiger partial charge in [-0.1, -0.05) is 43.3 Å². The van der Waals surface area contributed by atoms with E-state index in [0.717, 1.165) is 72.8 Å². The third kappa shape index (κ3) is 5.13. The average molecular weight is 485 g/mol. The Balaban J connectivity index is 1.21. The second kappa shape index (κ2) is 10.8. The fourth-order valence-corrected chi connectivity index (χ4v) is 5.25. The number of nitrogens with zero attached hydrogens (tertiary/aromatic N) is 5. The van der Waals surface area contributed by atoms with E-state index >= 15 is 0 Å². The van der Waals surface area contributed by atoms with Crippen molar-refractivity contribution in [1.29, 1.82) is 0 Å². The number of nitrogens with one attached hydrogen (secondary N) is 1. The van der Waals surface area contributed by atoms with Gasteiger partial charge in [0.2, 0.25) is 5.91 Å². The molecule has 1 saturated heterocycles. The molecular formula is C29H36N6O. The van der Waals surface area contributed by atoms with Gasteiger partial charge in [0, 0.05) is 62.5 Å². The van der Waals surface area contributed by atoms with Crippen LogP contribution in [0.2, 0.25) is 0 Å². The highest BCUT2D eigenvalue weighted by molar-refractivity contribution is 5.92. The van der Waals surface area contributed by atoms with Gasteiger partial charge in [-0.05, 0) is 55.6 Å². The first kappa shape index (κ1) is 24.4. The lowest BCUT2D eigenvalue weighted by Crippen LogP contribution is -2.45. The highest BCUT2D eigenvalue weighted by Gasteiger charge is 2.18. The maximum absolute atomic E-state index is 12.8. The van der Waals surface area contributed by atoms with Crippen LogP contribution in [0, 0.1) is 13.8 Å². The molecule has 1 aliphatic rings. The summed E-state index contributed by atoms with van der Waals surface area (Å²) in [6.45, 7) is 13.4. The molecule has 0 spiro atoms. The SMILES string of the molecule is CCN1CCN(Cc2ccccc2CNC(=O)CCc2c(C)nc3c4ccccc4nn3c2C)CC1. The van der Waals surface area contributed by atoms with Crippen molar-refractivity contribution < 1.29 is 4.79 Å². The molecule has 7 heteroatoms. The van der Waals surface area contributed by atoms with Gasteiger partial charge in [-0.25, -0.2) is 9.50 Å². The highest BCUT2D eigenvalue weighted by Crippen LogP contribution is 2.23. The van der Waals surface area contributed by atoms with Crippen LogP contribution in [0.1, 0.15) is 41.4 Å². The summed E-state index contributed by atoms with van der Waals surface area (Å²) in [7, 11) is 0. The van der Waals surface area contributed by atoms with Crippen molar-refractivity contribution in [3.63, 3.8) is 0 Å². The average Bonchev–Trinajstić information content (AvgIpc) is 3.27. The summed E-state index contributed by atoms with van der Waals surface area (Å²) in [5.74, 6) is 0.0610. The molecule has 7 nitrogen and oxygen atoms in total. The van der Waals surface area contributed by atoms with Crippen LogP contribution in [0.25, 0.3) is 16.6 Å². The molecular weight excluding hydrogens is 448 g/mol. The van der Waals surface area contributed by atoms with Crippen molar-refractivity contribution in [2.24, 2.45) is 0 Å². The number of carbonyl (C=O) groups excluding carboxylic acids is 1. The maximum Gasteiger partial charge on any atom is 0.220 e. The lowest BCUT2D eigenvalue weighted by molar-refractivity contribution is -0.121. The first-order valence-corrected chi connectivity index (χ1v) is 13.0. The van der Waals surface area contributed by atoms with Crippen LogP contribution in [0.15, 0.2) is 48.5 Å². The zero-order chi connectivity index (χ0) is 25.1. The number of aromatic nitrogens is 3. The van der Waals surface area contributed by atoms with E-state index in [0.29, 0.717) is 19.4 Å². The molecule has 1 fully saturated rings. The molecule has 2 aromatic heterocycles. The van der Waals surface area contributed by atoms with Crippen LogP contribution in [0.3, 0.4) is 0 Å². The Morgan fingerprint density at radius 1 is 0.944 bits per heavy atom. The van der Waals surface area contributed by atoms with Gasteiger partial charge in [0.1, 0.15) is 0 Å². The van der Waals surface area contributed by atoms with Crippen LogP contribution in [0.4, 0.5) is 0 Å². The van der Waals surface area contributed by atoms with Crippen molar-refractivity contribution in [2.75, 3.05) is 32.7 Å². The van der Waals surface area contributed by atoms with Gasteiger partial charge in [-0.15, -0.1) is 0 Å². The van der Waals surface area contributed by atoms with Crippen LogP contribution in [0.5, 0.6) is 0 Å². The van der Waals surface area contributed by atoms with Crippen LogP contribution < -0.4 is 5.32 Å². The van der Waals surface area contributed by atoms with Gasteiger partial charge in [-0.2, -0.15) is 5.10 Å². The Hall–Kier alpha value is -3.29. The molecule has 0 saturated carbocycles. The van der Waals surface area contributed by atoms with Crippen molar-refractivity contribution in [3.05, 3.63) is 76.6 Å². The Bertz CT molecular complexity index is 1370. The summed E-state index contributed by atoms with van der Waals surface area (Å²) in [4.78, 5) is 22.7. The number of fused-ring (bicyclic) bond motifs is 3. The van der Waals surface area contributed by atoms with E-state index in [4.69, 9.17) is 10.1 Å². The fraction of sp³-hybridized carbons (Fsp3) is 0.414. The number of carbonyl (C=O) groups is 1. The molecule has 0 unspecified atom stereocenters. The minimum Gasteiger partial charge on any atom is -0.352 e. The molecule has 0 atom stereocenters. The molecule has 4 aromatic rings. The van der Waals surface area contributed by atoms with E-state index in [1.807, 2.05) is 29.6 Å². The molecule has 3 heterocycles. The number of benzene rings is 2. The number of likely N-dealkylation sites (N-methyl/N-ethyl adjacent to an activating group) is 1. The Morgan fingerprint density at radius 2 is 1.64 bits per heavy atom. The van der Waals surface area contributed by atoms with Crippen molar-refractivity contribution in [1.82, 2.24) is 29.7 Å². The molecule has 1 amide bonds. The lowest BCUT2D eigenvalue weighted by atomic mass is 10.0. The lowest BCUT2D eigenvalue weighted by Gasteiger charge is -2.34. The minimum atomic E-state index is 0.0610. The van der Waals surface area contributed by atoms with Crippen LogP contribution in [-0.2, 0) is 24.3 Å². The number of piperazine rings is 1. The number of rotatable bonds is 8. The first-order valence-electron chi connectivity index (χ1n) is 13.0. The zero-order valence-corrected chi connectivity index (χ0v) is 21.6. The predicted molar refractivity (Wildman–Crippen MR) is 144 cm³/mol. The minimum absolute atomic E-state index is 0.0610. The van der Waals surface area contributed by atoms with E-state index in [9.17, 15) is 4.79 Å². The van der Waals surface area contributed by atoms with E-state index < -0.39 is 0 Å². The molecule has 0 radical (unpaired) electrons. The molecule has 2 aromatic carbocycles. The smallest absolute Gasteiger partial charge is 0.220 e. The van der Waals surface area contributed by atoms with Gasteiger partial charge in [-0.3, -0.25) is 9.69 Å². The summed E-state index contributed by atoms with van der Waals surface area (Å²) < 4.78 is 1.92. The molecule has 188 valence electrons. The van der Waals surface area contributed by atoms with Gasteiger partial charge in [0.25, 0.3) is 0 Å². The van der Waals surface area contributed by atoms with E-state index in [1.54, 1.807) is 0 Å². The van der Waals surface area contributed by atoms with Gasteiger partial charge in [0.05, 0.1) is 5.52 Å². The molecule has 5 rings (SSSR count). The number of hydrogen-bond acceptors (Lipinski definition) is 5. The Kier molecular flexibility index (Phi) is 7.30. The van der Waals surface area contributed by atoms with E-state index in [-0.39, 0.29) is 5.91 Å². The second-order valence-corrected chi connectivity index (χ2v) is 9.77. The number of hydrogen-bond donors (Lipinski definition) is 1. The molecule has 0 bridgehead atoms. The standard InChI is InChI=1S/C29H36N6O/c1-4-33-15-17-34(18-16-33)20-24-10-6-5-9-23(24)19-30-28(36)14-13-25-21(2)31-29-26-11-7-8-12-27(26)32-35(29)22(25)3/h5-12H,4,13-20H2,1-3H3,(H,30,36). The van der Waals surface area contributed by atoms with Crippen molar-refractivity contribution in [2.45, 2.75) is 46.7 Å². The van der Waals surface area contributed by atoms with Crippen LogP contribution >= 0.6 is 0 Å². The topological polar surface area (TPSA) is 65.8 Å². The van der Waals surface area contributed by atoms with Gasteiger partial charge >= 0.3 is 0 Å². The second-order valence-electron chi connectivity index (χ2n) is 9.77. The van der Waals surface area contributed by atoms with Gasteiger partial charge in [0.15, 0.2) is 5.65 Å². The maximum atomic E-state index is 12.8. The van der Waals surface area contributed by atoms with Crippen molar-refractivity contribution in [3.8, 4) is 0 Å². The summed E-state index contributed by atoms with van der Waals surface area (Å²) in [6, 6.07) is 16.5. The fourth-order valence-electron chi connectivity index (χ4n) is 5.25. The third-order valence-corrected chi connectivity index (χ3v) is 7.52. The summed E-state index contributed by atoms with van der Waals surface area (Å²) in [5, 5.41) is 8.94. The predicted octanol–water partition coefficient (Wildman–Crippen LogP) is 3.89. The zero-order valence-electron chi connectivity index (χ0n) is 21.6. The van der Waals surface area contributed by atoms with Gasteiger partial charge < -0.3 is 10.2 Å². The molecule has 1 N–H and O–H groups in total. The van der Waals surface area contributed by atoms with E-state index in [1.165, 1.54) is 11.1 Å². The molecule has 36 heavy (non-hydrogen) atoms. The summed E-state index contributed by atoms with van der Waals surface area (Å²) in [5.41, 5.74) is 7.42. The molecule has 1 aliphatic heterocycles. The normalized spacial score (nSPS) is 15.1. The largest absolute Gasteiger partial charge is 0.352 e. The monoisotopic (exact) mass is 484 g/mol. The quantitative estimate of drug-likeness (QED) is 0.411.